The first kappa shape index (κ1) is 39.4. The minimum Gasteiger partial charge on any atom is -0.332 e. The summed E-state index contributed by atoms with van der Waals surface area (Å²) in [5.41, 5.74) is 18.1. The zero-order valence-electron chi connectivity index (χ0n) is 37.1. The van der Waals surface area contributed by atoms with Crippen molar-refractivity contribution in [3.63, 3.8) is 0 Å². The normalized spacial score (nSPS) is 14.0. The van der Waals surface area contributed by atoms with E-state index in [-0.39, 0.29) is 6.04 Å². The quantitative estimate of drug-likeness (QED) is 0.153. The summed E-state index contributed by atoms with van der Waals surface area (Å²) < 4.78 is 2.46. The van der Waals surface area contributed by atoms with Crippen molar-refractivity contribution in [2.45, 2.75) is 12.5 Å². The molecule has 2 aromatic heterocycles. The Morgan fingerprint density at radius 3 is 1.68 bits per heavy atom. The number of aromatic nitrogens is 4. The minimum absolute atomic E-state index is 0.0273. The maximum Gasteiger partial charge on any atom is 0.166 e. The lowest BCUT2D eigenvalue weighted by atomic mass is 9.88. The van der Waals surface area contributed by atoms with Gasteiger partial charge in [0.2, 0.25) is 0 Å². The van der Waals surface area contributed by atoms with Gasteiger partial charge in [-0.3, -0.25) is 0 Å². The molecule has 68 heavy (non-hydrogen) atoms. The van der Waals surface area contributed by atoms with Crippen molar-refractivity contribution < 1.29 is 0 Å². The molecule has 1 aliphatic carbocycles. The summed E-state index contributed by atoms with van der Waals surface area (Å²) >= 11 is 0. The number of anilines is 2. The van der Waals surface area contributed by atoms with Crippen LogP contribution in [0, 0.1) is 0 Å². The Morgan fingerprint density at radius 1 is 0.412 bits per heavy atom. The van der Waals surface area contributed by atoms with E-state index in [0.29, 0.717) is 17.5 Å². The van der Waals surface area contributed by atoms with E-state index in [9.17, 15) is 0 Å². The van der Waals surface area contributed by atoms with Crippen molar-refractivity contribution in [1.82, 2.24) is 19.5 Å². The van der Waals surface area contributed by atoms with Gasteiger partial charge in [-0.25, -0.2) is 15.0 Å². The molecule has 0 bridgehead atoms. The van der Waals surface area contributed by atoms with Crippen molar-refractivity contribution in [3.05, 3.63) is 248 Å². The van der Waals surface area contributed by atoms with E-state index in [2.05, 4.69) is 216 Å². The average Bonchev–Trinajstić information content (AvgIpc) is 3.95. The van der Waals surface area contributed by atoms with Crippen LogP contribution < -0.4 is 4.90 Å². The molecule has 0 spiro atoms. The predicted octanol–water partition coefficient (Wildman–Crippen LogP) is 15.8. The molecule has 0 saturated heterocycles. The van der Waals surface area contributed by atoms with Crippen molar-refractivity contribution in [2.24, 2.45) is 0 Å². The average molecular weight is 870 g/mol. The summed E-state index contributed by atoms with van der Waals surface area (Å²) in [7, 11) is 0. The molecule has 320 valence electrons. The number of benzene rings is 9. The topological polar surface area (TPSA) is 46.8 Å². The van der Waals surface area contributed by atoms with E-state index >= 15 is 0 Å². The third kappa shape index (κ3) is 6.58. The Bertz CT molecular complexity index is 3690. The van der Waals surface area contributed by atoms with Gasteiger partial charge in [-0.15, -0.1) is 0 Å². The van der Waals surface area contributed by atoms with E-state index in [0.717, 1.165) is 51.3 Å². The Kier molecular flexibility index (Phi) is 9.57. The third-order valence-corrected chi connectivity index (χ3v) is 13.5. The fraction of sp³-hybridized carbons (Fsp3) is 0.0317. The maximum atomic E-state index is 5.30. The van der Waals surface area contributed by atoms with Gasteiger partial charge in [-0.1, -0.05) is 206 Å². The van der Waals surface area contributed by atoms with Crippen LogP contribution in [0.5, 0.6) is 0 Å². The smallest absolute Gasteiger partial charge is 0.166 e. The largest absolute Gasteiger partial charge is 0.332 e. The Balaban J connectivity index is 1.06. The van der Waals surface area contributed by atoms with Crippen LogP contribution >= 0.6 is 0 Å². The standard InChI is InChI=1S/C63H43N5/c1-6-21-42(22-7-1)46-39-40-52(63-65-61(44-25-10-3-11-26-44)64-62(66-63)45-27-12-4-13-28-45)57(41-46)68-54-36-17-16-31-51(54)58-49(33-20-38-56(58)68)50-34-19-37-55-59(50)53-35-18-32-48(43-23-8-2-9-24-43)60(53)67(55)47-29-14-5-15-30-47/h1-35,37-41,54H,36H2. The van der Waals surface area contributed by atoms with Crippen molar-refractivity contribution >= 4 is 38.8 Å². The van der Waals surface area contributed by atoms with Gasteiger partial charge in [0.1, 0.15) is 0 Å². The minimum atomic E-state index is 0.0273. The van der Waals surface area contributed by atoms with Crippen LogP contribution in [0.25, 0.3) is 101 Å². The summed E-state index contributed by atoms with van der Waals surface area (Å²) in [5.74, 6) is 1.90. The monoisotopic (exact) mass is 869 g/mol. The lowest BCUT2D eigenvalue weighted by Crippen LogP contribution is -2.27. The molecule has 0 N–H and O–H groups in total. The van der Waals surface area contributed by atoms with Gasteiger partial charge in [0.25, 0.3) is 0 Å². The molecule has 1 unspecified atom stereocenters. The molecule has 0 fully saturated rings. The molecule has 1 aliphatic heterocycles. The highest BCUT2D eigenvalue weighted by Gasteiger charge is 2.39. The van der Waals surface area contributed by atoms with Crippen molar-refractivity contribution in [2.75, 3.05) is 4.90 Å². The van der Waals surface area contributed by atoms with Gasteiger partial charge in [0.05, 0.1) is 22.8 Å². The molecule has 2 aliphatic rings. The van der Waals surface area contributed by atoms with Crippen LogP contribution in [0.3, 0.4) is 0 Å². The SMILES string of the molecule is C1=CCC2C(=C1)c1c(-c3cccc4c3c3cccc(-c5ccccc5)c3n4-c3ccccc3)cccc1N2c1cc(-c2ccccc2)ccc1-c1nc(-c2ccccc2)nc(-c2ccccc2)n1. The van der Waals surface area contributed by atoms with Gasteiger partial charge in [-0.2, -0.15) is 0 Å². The van der Waals surface area contributed by atoms with Crippen LogP contribution in [-0.2, 0) is 0 Å². The second-order valence-corrected chi connectivity index (χ2v) is 17.4. The molecule has 1 atom stereocenters. The number of hydrogen-bond acceptors (Lipinski definition) is 4. The number of fused-ring (bicyclic) bond motifs is 6. The number of allylic oxidation sites excluding steroid dienone is 2. The first-order valence-corrected chi connectivity index (χ1v) is 23.3. The fourth-order valence-corrected chi connectivity index (χ4v) is 10.5. The summed E-state index contributed by atoms with van der Waals surface area (Å²) in [6.45, 7) is 0. The highest BCUT2D eigenvalue weighted by Crippen LogP contribution is 2.54. The lowest BCUT2D eigenvalue weighted by molar-refractivity contribution is 0.829. The first-order valence-electron chi connectivity index (χ1n) is 23.3. The summed E-state index contributed by atoms with van der Waals surface area (Å²) in [6.07, 6.45) is 7.71. The van der Waals surface area contributed by atoms with E-state index in [1.54, 1.807) is 0 Å². The zero-order chi connectivity index (χ0) is 45.0. The number of para-hydroxylation sites is 2. The maximum absolute atomic E-state index is 5.30. The van der Waals surface area contributed by atoms with E-state index in [1.807, 2.05) is 36.4 Å². The molecule has 3 heterocycles. The van der Waals surface area contributed by atoms with Crippen LogP contribution in [-0.4, -0.2) is 25.6 Å². The molecular weight excluding hydrogens is 827 g/mol. The van der Waals surface area contributed by atoms with Gasteiger partial charge in [0.15, 0.2) is 17.5 Å². The van der Waals surface area contributed by atoms with Crippen LogP contribution in [0.2, 0.25) is 0 Å². The Hall–Kier alpha value is -8.93. The molecule has 0 amide bonds. The third-order valence-electron chi connectivity index (χ3n) is 13.5. The van der Waals surface area contributed by atoms with Gasteiger partial charge in [0, 0.05) is 50.0 Å². The Labute approximate surface area is 395 Å². The van der Waals surface area contributed by atoms with Crippen molar-refractivity contribution in [1.29, 1.82) is 0 Å². The van der Waals surface area contributed by atoms with Gasteiger partial charge < -0.3 is 9.47 Å². The first-order chi connectivity index (χ1) is 33.8. The Morgan fingerprint density at radius 2 is 0.985 bits per heavy atom. The van der Waals surface area contributed by atoms with Crippen LogP contribution in [0.15, 0.2) is 243 Å². The van der Waals surface area contributed by atoms with Crippen LogP contribution in [0.4, 0.5) is 11.4 Å². The molecular formula is C63H43N5. The number of hydrogen-bond donors (Lipinski definition) is 0. The lowest BCUT2D eigenvalue weighted by Gasteiger charge is -2.30. The molecule has 5 nitrogen and oxygen atoms in total. The molecule has 0 saturated carbocycles. The highest BCUT2D eigenvalue weighted by molar-refractivity contribution is 6.20. The number of rotatable bonds is 8. The summed E-state index contributed by atoms with van der Waals surface area (Å²) in [6, 6.07) is 79.9. The summed E-state index contributed by atoms with van der Waals surface area (Å²) in [5, 5.41) is 2.46. The van der Waals surface area contributed by atoms with Crippen molar-refractivity contribution in [3.8, 4) is 73.2 Å². The van der Waals surface area contributed by atoms with Crippen LogP contribution in [0.1, 0.15) is 12.0 Å². The molecule has 13 rings (SSSR count). The number of nitrogens with zero attached hydrogens (tertiary/aromatic N) is 5. The second kappa shape index (κ2) is 16.5. The summed E-state index contributed by atoms with van der Waals surface area (Å²) in [4.78, 5) is 18.2. The molecule has 5 heteroatoms. The van der Waals surface area contributed by atoms with Gasteiger partial charge in [-0.05, 0) is 76.2 Å². The van der Waals surface area contributed by atoms with E-state index in [4.69, 9.17) is 15.0 Å². The zero-order valence-corrected chi connectivity index (χ0v) is 37.1. The predicted molar refractivity (Wildman–Crippen MR) is 281 cm³/mol. The fourth-order valence-electron chi connectivity index (χ4n) is 10.5. The van der Waals surface area contributed by atoms with E-state index in [1.165, 1.54) is 55.2 Å². The van der Waals surface area contributed by atoms with Gasteiger partial charge >= 0.3 is 0 Å². The second-order valence-electron chi connectivity index (χ2n) is 17.4. The highest BCUT2D eigenvalue weighted by atomic mass is 15.2. The molecule has 9 aromatic carbocycles. The van der Waals surface area contributed by atoms with E-state index < -0.39 is 0 Å². The molecule has 11 aromatic rings. The molecule has 0 radical (unpaired) electrons.